The fourth-order valence-corrected chi connectivity index (χ4v) is 1.68. The van der Waals surface area contributed by atoms with Gasteiger partial charge in [-0.15, -0.1) is 0 Å². The molecule has 0 aromatic heterocycles. The van der Waals surface area contributed by atoms with Gasteiger partial charge in [0.1, 0.15) is 12.1 Å². The lowest BCUT2D eigenvalue weighted by molar-refractivity contribution is 0.112. The Kier molecular flexibility index (Phi) is 2.82. The summed E-state index contributed by atoms with van der Waals surface area (Å²) in [7, 11) is 0. The molecule has 1 nitrogen and oxygen atoms in total. The van der Waals surface area contributed by atoms with Crippen LogP contribution in [0.25, 0.3) is 11.1 Å². The Bertz CT molecular complexity index is 532. The SMILES string of the molecule is Cc1ccc(C=O)cc1-c1cccc(F)c1. The summed E-state index contributed by atoms with van der Waals surface area (Å²) >= 11 is 0. The van der Waals surface area contributed by atoms with Crippen LogP contribution in [-0.4, -0.2) is 6.29 Å². The smallest absolute Gasteiger partial charge is 0.150 e. The van der Waals surface area contributed by atoms with Crippen molar-refractivity contribution in [2.24, 2.45) is 0 Å². The second-order valence-electron chi connectivity index (χ2n) is 3.70. The highest BCUT2D eigenvalue weighted by Gasteiger charge is 2.04. The first-order valence-electron chi connectivity index (χ1n) is 5.02. The zero-order valence-corrected chi connectivity index (χ0v) is 8.91. The van der Waals surface area contributed by atoms with Crippen molar-refractivity contribution >= 4 is 6.29 Å². The molecule has 2 heteroatoms. The number of carbonyl (C=O) groups excluding carboxylic acids is 1. The average molecular weight is 214 g/mol. The van der Waals surface area contributed by atoms with Crippen molar-refractivity contribution in [1.29, 1.82) is 0 Å². The van der Waals surface area contributed by atoms with Crippen LogP contribution >= 0.6 is 0 Å². The van der Waals surface area contributed by atoms with Crippen molar-refractivity contribution < 1.29 is 9.18 Å². The molecule has 0 spiro atoms. The van der Waals surface area contributed by atoms with E-state index in [2.05, 4.69) is 0 Å². The fourth-order valence-electron chi connectivity index (χ4n) is 1.68. The summed E-state index contributed by atoms with van der Waals surface area (Å²) in [5.74, 6) is -0.270. The topological polar surface area (TPSA) is 17.1 Å². The van der Waals surface area contributed by atoms with E-state index in [-0.39, 0.29) is 5.82 Å². The van der Waals surface area contributed by atoms with Gasteiger partial charge < -0.3 is 0 Å². The molecule has 2 aromatic rings. The molecular weight excluding hydrogens is 203 g/mol. The normalized spacial score (nSPS) is 10.1. The van der Waals surface area contributed by atoms with Crippen LogP contribution in [0.15, 0.2) is 42.5 Å². The van der Waals surface area contributed by atoms with Crippen molar-refractivity contribution in [2.45, 2.75) is 6.92 Å². The first-order chi connectivity index (χ1) is 7.70. The number of halogens is 1. The summed E-state index contributed by atoms with van der Waals surface area (Å²) in [5, 5.41) is 0. The maximum Gasteiger partial charge on any atom is 0.150 e. The fraction of sp³-hybridized carbons (Fsp3) is 0.0714. The van der Waals surface area contributed by atoms with E-state index in [1.807, 2.05) is 19.1 Å². The molecule has 2 rings (SSSR count). The van der Waals surface area contributed by atoms with Gasteiger partial charge in [-0.3, -0.25) is 4.79 Å². The lowest BCUT2D eigenvalue weighted by Gasteiger charge is -2.06. The zero-order valence-electron chi connectivity index (χ0n) is 8.91. The minimum absolute atomic E-state index is 0.270. The van der Waals surface area contributed by atoms with Crippen LogP contribution in [0.2, 0.25) is 0 Å². The van der Waals surface area contributed by atoms with Gasteiger partial charge >= 0.3 is 0 Å². The third-order valence-electron chi connectivity index (χ3n) is 2.53. The lowest BCUT2D eigenvalue weighted by atomic mass is 9.98. The Morgan fingerprint density at radius 1 is 1.12 bits per heavy atom. The van der Waals surface area contributed by atoms with Crippen molar-refractivity contribution in [3.63, 3.8) is 0 Å². The molecule has 0 saturated heterocycles. The van der Waals surface area contributed by atoms with E-state index in [1.165, 1.54) is 12.1 Å². The number of aldehydes is 1. The first kappa shape index (κ1) is 10.6. The van der Waals surface area contributed by atoms with E-state index < -0.39 is 0 Å². The van der Waals surface area contributed by atoms with Crippen molar-refractivity contribution in [3.05, 3.63) is 59.4 Å². The van der Waals surface area contributed by atoms with Gasteiger partial charge in [-0.2, -0.15) is 0 Å². The standard InChI is InChI=1S/C14H11FO/c1-10-5-6-11(9-16)7-14(10)12-3-2-4-13(15)8-12/h2-9H,1H3. The van der Waals surface area contributed by atoms with Crippen LogP contribution in [-0.2, 0) is 0 Å². The molecule has 0 fully saturated rings. The van der Waals surface area contributed by atoms with Gasteiger partial charge in [0.15, 0.2) is 0 Å². The third kappa shape index (κ3) is 2.01. The van der Waals surface area contributed by atoms with E-state index in [1.54, 1.807) is 18.2 Å². The second-order valence-corrected chi connectivity index (χ2v) is 3.70. The molecule has 0 aliphatic carbocycles. The zero-order chi connectivity index (χ0) is 11.5. The van der Waals surface area contributed by atoms with Crippen LogP contribution in [0, 0.1) is 12.7 Å². The Balaban J connectivity index is 2.58. The van der Waals surface area contributed by atoms with E-state index in [0.29, 0.717) is 5.56 Å². The highest BCUT2D eigenvalue weighted by molar-refractivity contribution is 5.80. The van der Waals surface area contributed by atoms with E-state index >= 15 is 0 Å². The highest BCUT2D eigenvalue weighted by atomic mass is 19.1. The summed E-state index contributed by atoms with van der Waals surface area (Å²) in [6.45, 7) is 1.94. The van der Waals surface area contributed by atoms with Gasteiger partial charge in [-0.1, -0.05) is 24.3 Å². The Hall–Kier alpha value is -1.96. The van der Waals surface area contributed by atoms with Crippen LogP contribution in [0.4, 0.5) is 4.39 Å². The molecule has 0 amide bonds. The van der Waals surface area contributed by atoms with Crippen molar-refractivity contribution in [1.82, 2.24) is 0 Å². The van der Waals surface area contributed by atoms with Crippen molar-refractivity contribution in [2.75, 3.05) is 0 Å². The molecule has 0 atom stereocenters. The molecule has 16 heavy (non-hydrogen) atoms. The van der Waals surface area contributed by atoms with Gasteiger partial charge in [0, 0.05) is 5.56 Å². The Morgan fingerprint density at radius 2 is 1.94 bits per heavy atom. The van der Waals surface area contributed by atoms with Gasteiger partial charge in [-0.25, -0.2) is 4.39 Å². The van der Waals surface area contributed by atoms with Crippen LogP contribution in [0.3, 0.4) is 0 Å². The lowest BCUT2D eigenvalue weighted by Crippen LogP contribution is -1.87. The summed E-state index contributed by atoms with van der Waals surface area (Å²) < 4.78 is 13.1. The Morgan fingerprint density at radius 3 is 2.62 bits per heavy atom. The average Bonchev–Trinajstić information content (AvgIpc) is 2.30. The predicted molar refractivity (Wildman–Crippen MR) is 62.0 cm³/mol. The summed E-state index contributed by atoms with van der Waals surface area (Å²) in [6.07, 6.45) is 0.794. The van der Waals surface area contributed by atoms with E-state index in [9.17, 15) is 9.18 Å². The number of rotatable bonds is 2. The Labute approximate surface area is 93.5 Å². The first-order valence-corrected chi connectivity index (χ1v) is 5.02. The van der Waals surface area contributed by atoms with Gasteiger partial charge in [0.05, 0.1) is 0 Å². The number of aryl methyl sites for hydroxylation is 1. The molecule has 0 radical (unpaired) electrons. The van der Waals surface area contributed by atoms with Crippen LogP contribution < -0.4 is 0 Å². The number of hydrogen-bond donors (Lipinski definition) is 0. The van der Waals surface area contributed by atoms with Gasteiger partial charge in [0.25, 0.3) is 0 Å². The third-order valence-corrected chi connectivity index (χ3v) is 2.53. The van der Waals surface area contributed by atoms with E-state index in [0.717, 1.165) is 23.0 Å². The summed E-state index contributed by atoms with van der Waals surface area (Å²) in [4.78, 5) is 10.7. The number of hydrogen-bond acceptors (Lipinski definition) is 1. The molecule has 0 bridgehead atoms. The summed E-state index contributed by atoms with van der Waals surface area (Å²) in [6, 6.07) is 11.8. The van der Waals surface area contributed by atoms with Crippen LogP contribution in [0.1, 0.15) is 15.9 Å². The van der Waals surface area contributed by atoms with Crippen LogP contribution in [0.5, 0.6) is 0 Å². The molecule has 0 unspecified atom stereocenters. The van der Waals surface area contributed by atoms with Crippen molar-refractivity contribution in [3.8, 4) is 11.1 Å². The number of benzene rings is 2. The molecule has 0 saturated carbocycles. The molecule has 0 N–H and O–H groups in total. The quantitative estimate of drug-likeness (QED) is 0.698. The number of carbonyl (C=O) groups is 1. The molecule has 80 valence electrons. The maximum absolute atomic E-state index is 13.1. The maximum atomic E-state index is 13.1. The molecule has 0 aliphatic heterocycles. The summed E-state index contributed by atoms with van der Waals surface area (Å²) in [5.41, 5.74) is 3.31. The largest absolute Gasteiger partial charge is 0.298 e. The predicted octanol–water partition coefficient (Wildman–Crippen LogP) is 3.61. The molecular formula is C14H11FO. The molecule has 2 aromatic carbocycles. The van der Waals surface area contributed by atoms with Gasteiger partial charge in [0.2, 0.25) is 0 Å². The minimum atomic E-state index is -0.270. The van der Waals surface area contributed by atoms with E-state index in [4.69, 9.17) is 0 Å². The minimum Gasteiger partial charge on any atom is -0.298 e. The second kappa shape index (κ2) is 4.27. The monoisotopic (exact) mass is 214 g/mol. The highest BCUT2D eigenvalue weighted by Crippen LogP contribution is 2.24. The molecule has 0 heterocycles. The molecule has 0 aliphatic rings. The van der Waals surface area contributed by atoms with Gasteiger partial charge in [-0.05, 0) is 41.8 Å².